The number of aryl methyl sites for hydroxylation is 1. The van der Waals surface area contributed by atoms with Crippen molar-refractivity contribution in [3.63, 3.8) is 0 Å². The van der Waals surface area contributed by atoms with E-state index in [4.69, 9.17) is 5.73 Å². The van der Waals surface area contributed by atoms with Crippen LogP contribution in [0.4, 0.5) is 17.6 Å². The smallest absolute Gasteiger partial charge is 0.394 e. The zero-order valence-corrected chi connectivity index (χ0v) is 15.6. The number of hydrogen-bond acceptors (Lipinski definition) is 5. The third-order valence-electron chi connectivity index (χ3n) is 3.94. The van der Waals surface area contributed by atoms with Gasteiger partial charge < -0.3 is 10.8 Å². The number of allylic oxidation sites excluding steroid dienone is 2. The molecule has 0 aliphatic carbocycles. The molecule has 1 atom stereocenters. The van der Waals surface area contributed by atoms with Gasteiger partial charge in [-0.3, -0.25) is 4.99 Å². The zero-order valence-electron chi connectivity index (χ0n) is 15.6. The van der Waals surface area contributed by atoms with Crippen LogP contribution < -0.4 is 5.73 Å². The van der Waals surface area contributed by atoms with Crippen molar-refractivity contribution in [1.29, 1.82) is 0 Å². The second kappa shape index (κ2) is 8.51. The van der Waals surface area contributed by atoms with Crippen LogP contribution in [0.15, 0.2) is 34.5 Å². The highest BCUT2D eigenvalue weighted by Crippen LogP contribution is 2.31. The van der Waals surface area contributed by atoms with Crippen LogP contribution in [-0.4, -0.2) is 39.0 Å². The van der Waals surface area contributed by atoms with E-state index in [9.17, 15) is 22.7 Å². The second-order valence-electron chi connectivity index (χ2n) is 6.13. The Morgan fingerprint density at radius 2 is 2.04 bits per heavy atom. The fourth-order valence-electron chi connectivity index (χ4n) is 2.64. The minimum absolute atomic E-state index is 0.195. The summed E-state index contributed by atoms with van der Waals surface area (Å²) in [6.07, 6.45) is -4.95. The maximum absolute atomic E-state index is 13.6. The average Bonchev–Trinajstić information content (AvgIpc) is 2.97. The van der Waals surface area contributed by atoms with Crippen LogP contribution in [0.5, 0.6) is 0 Å². The standard InChI is InChI=1S/C18H21F4N5O/c1-4-24-9-11(17(23)18(20,21)22)7-15-16(26-27(3)25-15)13-6-5-12(19)8-14(13)10(2)28/h5-6,8-10,28H,4,7,23H2,1-3H3/t10-/m1/s1. The molecule has 0 bridgehead atoms. The molecule has 28 heavy (non-hydrogen) atoms. The quantitative estimate of drug-likeness (QED) is 0.577. The fourth-order valence-corrected chi connectivity index (χ4v) is 2.64. The van der Waals surface area contributed by atoms with Gasteiger partial charge in [0.1, 0.15) is 17.2 Å². The lowest BCUT2D eigenvalue weighted by molar-refractivity contribution is -0.0932. The maximum Gasteiger partial charge on any atom is 0.431 e. The molecule has 0 saturated carbocycles. The van der Waals surface area contributed by atoms with E-state index in [-0.39, 0.29) is 35.5 Å². The van der Waals surface area contributed by atoms with E-state index >= 15 is 0 Å². The van der Waals surface area contributed by atoms with Gasteiger partial charge in [0, 0.05) is 37.4 Å². The minimum atomic E-state index is -4.72. The van der Waals surface area contributed by atoms with E-state index in [0.29, 0.717) is 5.56 Å². The van der Waals surface area contributed by atoms with E-state index in [0.717, 1.165) is 12.3 Å². The molecule has 0 aliphatic heterocycles. The van der Waals surface area contributed by atoms with E-state index in [1.54, 1.807) is 6.92 Å². The summed E-state index contributed by atoms with van der Waals surface area (Å²) >= 11 is 0. The van der Waals surface area contributed by atoms with Gasteiger partial charge in [-0.2, -0.15) is 28.2 Å². The Morgan fingerprint density at radius 3 is 2.61 bits per heavy atom. The Labute approximate surface area is 159 Å². The monoisotopic (exact) mass is 399 g/mol. The average molecular weight is 399 g/mol. The number of aliphatic hydroxyl groups is 1. The molecule has 0 saturated heterocycles. The van der Waals surface area contributed by atoms with Crippen molar-refractivity contribution >= 4 is 6.21 Å². The number of benzene rings is 1. The SMILES string of the molecule is CCN=CC(Cc1nn(C)nc1-c1ccc(F)cc1[C@@H](C)O)=C(N)C(F)(F)F. The van der Waals surface area contributed by atoms with Gasteiger partial charge in [0.15, 0.2) is 0 Å². The number of aliphatic hydroxyl groups excluding tert-OH is 1. The first kappa shape index (κ1) is 21.5. The number of aromatic nitrogens is 3. The number of nitrogens with two attached hydrogens (primary N) is 1. The van der Waals surface area contributed by atoms with Crippen molar-refractivity contribution in [3.8, 4) is 11.3 Å². The van der Waals surface area contributed by atoms with Crippen LogP contribution in [0.25, 0.3) is 11.3 Å². The molecule has 10 heteroatoms. The van der Waals surface area contributed by atoms with Gasteiger partial charge in [0.25, 0.3) is 0 Å². The van der Waals surface area contributed by atoms with Crippen LogP contribution in [0.2, 0.25) is 0 Å². The van der Waals surface area contributed by atoms with Gasteiger partial charge in [-0.15, -0.1) is 0 Å². The Balaban J connectivity index is 2.60. The summed E-state index contributed by atoms with van der Waals surface area (Å²) < 4.78 is 52.9. The van der Waals surface area contributed by atoms with Crippen LogP contribution in [0.3, 0.4) is 0 Å². The van der Waals surface area contributed by atoms with Crippen molar-refractivity contribution in [1.82, 2.24) is 15.0 Å². The number of aliphatic imine (C=N–C) groups is 1. The summed E-state index contributed by atoms with van der Waals surface area (Å²) in [5.41, 5.74) is 4.82. The number of hydrogen-bond donors (Lipinski definition) is 2. The first-order valence-electron chi connectivity index (χ1n) is 8.48. The molecule has 0 amide bonds. The predicted molar refractivity (Wildman–Crippen MR) is 97.0 cm³/mol. The topological polar surface area (TPSA) is 89.3 Å². The number of alkyl halides is 3. The van der Waals surface area contributed by atoms with E-state index < -0.39 is 23.8 Å². The largest absolute Gasteiger partial charge is 0.431 e. The second-order valence-corrected chi connectivity index (χ2v) is 6.13. The van der Waals surface area contributed by atoms with Crippen LogP contribution in [0.1, 0.15) is 31.2 Å². The highest BCUT2D eigenvalue weighted by Gasteiger charge is 2.34. The van der Waals surface area contributed by atoms with Crippen molar-refractivity contribution in [2.75, 3.05) is 6.54 Å². The van der Waals surface area contributed by atoms with Crippen molar-refractivity contribution < 1.29 is 22.7 Å². The van der Waals surface area contributed by atoms with Gasteiger partial charge in [0.2, 0.25) is 0 Å². The molecule has 2 rings (SSSR count). The summed E-state index contributed by atoms with van der Waals surface area (Å²) in [4.78, 5) is 5.05. The lowest BCUT2D eigenvalue weighted by Gasteiger charge is -2.13. The molecule has 0 fully saturated rings. The third kappa shape index (κ3) is 4.94. The van der Waals surface area contributed by atoms with Crippen LogP contribution >= 0.6 is 0 Å². The van der Waals surface area contributed by atoms with Gasteiger partial charge >= 0.3 is 6.18 Å². The van der Waals surface area contributed by atoms with Crippen molar-refractivity contribution in [2.24, 2.45) is 17.8 Å². The molecule has 3 N–H and O–H groups in total. The predicted octanol–water partition coefficient (Wildman–Crippen LogP) is 3.08. The number of rotatable bonds is 6. The molecule has 1 aromatic heterocycles. The molecular weight excluding hydrogens is 378 g/mol. The minimum Gasteiger partial charge on any atom is -0.394 e. The molecular formula is C18H21F4N5O. The van der Waals surface area contributed by atoms with Crippen molar-refractivity contribution in [3.05, 3.63) is 46.5 Å². The highest BCUT2D eigenvalue weighted by atomic mass is 19.4. The molecule has 0 spiro atoms. The maximum atomic E-state index is 13.6. The molecule has 1 aromatic carbocycles. The van der Waals surface area contributed by atoms with Gasteiger partial charge in [-0.1, -0.05) is 0 Å². The van der Waals surface area contributed by atoms with E-state index in [1.165, 1.54) is 30.9 Å². The van der Waals surface area contributed by atoms with Gasteiger partial charge in [0.05, 0.1) is 11.8 Å². The fraction of sp³-hybridized carbons (Fsp3) is 0.389. The Hall–Kier alpha value is -2.75. The van der Waals surface area contributed by atoms with E-state index in [2.05, 4.69) is 15.2 Å². The Morgan fingerprint density at radius 1 is 1.36 bits per heavy atom. The highest BCUT2D eigenvalue weighted by molar-refractivity contribution is 5.81. The first-order valence-corrected chi connectivity index (χ1v) is 8.48. The lowest BCUT2D eigenvalue weighted by atomic mass is 9.97. The normalized spacial score (nSPS) is 14.4. The summed E-state index contributed by atoms with van der Waals surface area (Å²) in [5.74, 6) is -0.554. The third-order valence-corrected chi connectivity index (χ3v) is 3.94. The summed E-state index contributed by atoms with van der Waals surface area (Å²) in [6.45, 7) is 3.42. The Kier molecular flexibility index (Phi) is 6.55. The molecule has 1 heterocycles. The van der Waals surface area contributed by atoms with E-state index in [1.807, 2.05) is 0 Å². The van der Waals surface area contributed by atoms with Gasteiger partial charge in [-0.25, -0.2) is 4.39 Å². The molecule has 6 nitrogen and oxygen atoms in total. The van der Waals surface area contributed by atoms with Crippen LogP contribution in [-0.2, 0) is 13.5 Å². The summed E-state index contributed by atoms with van der Waals surface area (Å²) in [7, 11) is 1.51. The van der Waals surface area contributed by atoms with Crippen LogP contribution in [0, 0.1) is 5.82 Å². The molecule has 0 radical (unpaired) electrons. The number of halogens is 4. The zero-order chi connectivity index (χ0) is 21.1. The van der Waals surface area contributed by atoms with Crippen molar-refractivity contribution in [2.45, 2.75) is 32.5 Å². The summed E-state index contributed by atoms with van der Waals surface area (Å²) in [5, 5.41) is 18.3. The first-order chi connectivity index (χ1) is 13.0. The Bertz CT molecular complexity index is 900. The molecule has 0 aliphatic rings. The molecule has 152 valence electrons. The molecule has 2 aromatic rings. The number of nitrogens with zero attached hydrogens (tertiary/aromatic N) is 4. The summed E-state index contributed by atoms with van der Waals surface area (Å²) in [6, 6.07) is 3.73. The lowest BCUT2D eigenvalue weighted by Crippen LogP contribution is -2.23. The molecule has 0 unspecified atom stereocenters. The van der Waals surface area contributed by atoms with Gasteiger partial charge in [-0.05, 0) is 37.6 Å².